The fourth-order valence-corrected chi connectivity index (χ4v) is 6.49. The number of nitrogens with zero attached hydrogens (tertiary/aromatic N) is 3. The molecule has 2 aliphatic heterocycles. The third-order valence-corrected chi connectivity index (χ3v) is 9.00. The summed E-state index contributed by atoms with van der Waals surface area (Å²) >= 11 is 0. The molecular weight excluding hydrogens is 602 g/mol. The Balaban J connectivity index is 1.26. The summed E-state index contributed by atoms with van der Waals surface area (Å²) in [4.78, 5) is 43.4. The second-order valence-corrected chi connectivity index (χ2v) is 12.6. The summed E-state index contributed by atoms with van der Waals surface area (Å²) in [5.74, 6) is 13.9. The monoisotopic (exact) mass is 643 g/mol. The minimum atomic E-state index is -0.687. The van der Waals surface area contributed by atoms with E-state index in [4.69, 9.17) is 9.72 Å². The van der Waals surface area contributed by atoms with Gasteiger partial charge in [-0.1, -0.05) is 50.1 Å². The SMILES string of the molecule is COC(=O)N[C@H](C(=O)N1CCC[C@H]1c1ncc(-c2cc(C)c(C#CC#Cc3cnc([C@@H]4CCCN4)[nH]3)c(-c3ccccc3)c2)[nH]1)C(C)C. The highest BCUT2D eigenvalue weighted by Gasteiger charge is 2.37. The van der Waals surface area contributed by atoms with Gasteiger partial charge in [-0.25, -0.2) is 14.8 Å². The second-order valence-electron chi connectivity index (χ2n) is 12.6. The molecule has 2 aromatic carbocycles. The molecule has 3 atom stereocenters. The number of alkyl carbamates (subject to hydrolysis) is 1. The fourth-order valence-electron chi connectivity index (χ4n) is 6.49. The normalized spacial score (nSPS) is 17.7. The number of nitrogens with one attached hydrogen (secondary N) is 4. The van der Waals surface area contributed by atoms with Crippen molar-refractivity contribution in [1.82, 2.24) is 35.5 Å². The molecule has 0 radical (unpaired) electrons. The maximum absolute atomic E-state index is 13.6. The molecule has 48 heavy (non-hydrogen) atoms. The first-order valence-corrected chi connectivity index (χ1v) is 16.5. The summed E-state index contributed by atoms with van der Waals surface area (Å²) < 4.78 is 4.77. The van der Waals surface area contributed by atoms with Crippen molar-refractivity contribution < 1.29 is 14.3 Å². The van der Waals surface area contributed by atoms with Gasteiger partial charge in [0.25, 0.3) is 0 Å². The minimum Gasteiger partial charge on any atom is -0.453 e. The molecule has 0 unspecified atom stereocenters. The number of imidazole rings is 2. The third kappa shape index (κ3) is 7.15. The molecule has 0 aliphatic carbocycles. The number of H-pyrrole nitrogens is 2. The standard InChI is InChI=1S/C38H41N7O3/c1-24(2)34(44-38(47)48-4)37(46)45-19-11-17-33(45)36-41-23-32(43-36)27-20-25(3)29(30(21-27)26-12-6-5-7-13-26)15-9-8-14-28-22-40-35(42-28)31-16-10-18-39-31/h5-7,12-13,20-24,31,33-34,39H,10-11,16-19H2,1-4H3,(H,40,42)(H,41,43)(H,44,47)/t31-,33-,34-/m0/s1. The summed E-state index contributed by atoms with van der Waals surface area (Å²) in [6, 6.07) is 13.8. The van der Waals surface area contributed by atoms with E-state index in [0.717, 1.165) is 83.1 Å². The topological polar surface area (TPSA) is 128 Å². The van der Waals surface area contributed by atoms with Crippen molar-refractivity contribution >= 4 is 12.0 Å². The summed E-state index contributed by atoms with van der Waals surface area (Å²) in [6.07, 6.45) is 6.82. The molecule has 0 bridgehead atoms. The van der Waals surface area contributed by atoms with Crippen LogP contribution in [0.1, 0.15) is 80.1 Å². The first-order chi connectivity index (χ1) is 23.3. The van der Waals surface area contributed by atoms with E-state index in [-0.39, 0.29) is 23.9 Å². The number of ether oxygens (including phenoxy) is 1. The maximum Gasteiger partial charge on any atom is 0.407 e. The van der Waals surface area contributed by atoms with Crippen LogP contribution in [0.15, 0.2) is 54.9 Å². The van der Waals surface area contributed by atoms with E-state index < -0.39 is 12.1 Å². The number of aromatic amines is 2. The van der Waals surface area contributed by atoms with Gasteiger partial charge in [-0.15, -0.1) is 0 Å². The predicted molar refractivity (Wildman–Crippen MR) is 184 cm³/mol. The van der Waals surface area contributed by atoms with Crippen LogP contribution >= 0.6 is 0 Å². The van der Waals surface area contributed by atoms with E-state index in [9.17, 15) is 9.59 Å². The first-order valence-electron chi connectivity index (χ1n) is 16.5. The number of benzene rings is 2. The number of amides is 2. The van der Waals surface area contributed by atoms with E-state index in [1.165, 1.54) is 7.11 Å². The minimum absolute atomic E-state index is 0.102. The van der Waals surface area contributed by atoms with Gasteiger partial charge < -0.3 is 30.2 Å². The van der Waals surface area contributed by atoms with E-state index in [2.05, 4.69) is 80.5 Å². The van der Waals surface area contributed by atoms with Gasteiger partial charge in [-0.3, -0.25) is 4.79 Å². The number of hydrogen-bond acceptors (Lipinski definition) is 6. The zero-order chi connectivity index (χ0) is 33.6. The van der Waals surface area contributed by atoms with Crippen LogP contribution in [0.25, 0.3) is 22.4 Å². The van der Waals surface area contributed by atoms with E-state index in [1.54, 1.807) is 6.20 Å². The zero-order valence-corrected chi connectivity index (χ0v) is 27.8. The molecule has 2 amide bonds. The average molecular weight is 644 g/mol. The van der Waals surface area contributed by atoms with Crippen molar-refractivity contribution in [2.24, 2.45) is 5.92 Å². The average Bonchev–Trinajstić information content (AvgIpc) is 3.93. The van der Waals surface area contributed by atoms with Crippen LogP contribution in [-0.2, 0) is 9.53 Å². The van der Waals surface area contributed by atoms with Gasteiger partial charge in [0.2, 0.25) is 5.91 Å². The molecule has 4 aromatic rings. The number of hydrogen-bond donors (Lipinski definition) is 4. The Bertz CT molecular complexity index is 1900. The predicted octanol–water partition coefficient (Wildman–Crippen LogP) is 5.65. The first kappa shape index (κ1) is 32.6. The molecular formula is C38H41N7O3. The van der Waals surface area contributed by atoms with E-state index in [1.807, 2.05) is 43.1 Å². The molecule has 0 saturated carbocycles. The molecule has 10 heteroatoms. The van der Waals surface area contributed by atoms with Gasteiger partial charge in [0.05, 0.1) is 37.3 Å². The molecule has 10 nitrogen and oxygen atoms in total. The number of carbonyl (C=O) groups is 2. The van der Waals surface area contributed by atoms with Crippen molar-refractivity contribution in [3.8, 4) is 46.1 Å². The number of rotatable bonds is 7. The highest BCUT2D eigenvalue weighted by molar-refractivity contribution is 5.86. The summed E-state index contributed by atoms with van der Waals surface area (Å²) in [5.41, 5.74) is 6.54. The molecule has 246 valence electrons. The number of methoxy groups -OCH3 is 1. The van der Waals surface area contributed by atoms with Crippen molar-refractivity contribution in [2.75, 3.05) is 20.2 Å². The Hall–Kier alpha value is -5.32. The Morgan fingerprint density at radius 2 is 1.77 bits per heavy atom. The summed E-state index contributed by atoms with van der Waals surface area (Å²) in [6.45, 7) is 7.48. The van der Waals surface area contributed by atoms with E-state index in [0.29, 0.717) is 6.54 Å². The largest absolute Gasteiger partial charge is 0.453 e. The smallest absolute Gasteiger partial charge is 0.407 e. The van der Waals surface area contributed by atoms with Crippen LogP contribution in [0.5, 0.6) is 0 Å². The molecule has 4 heterocycles. The van der Waals surface area contributed by atoms with Crippen LogP contribution in [0, 0.1) is 36.5 Å². The van der Waals surface area contributed by atoms with Gasteiger partial charge in [-0.05, 0) is 91.7 Å². The number of likely N-dealkylation sites (tertiary alicyclic amines) is 1. The summed E-state index contributed by atoms with van der Waals surface area (Å²) in [5, 5.41) is 6.16. The van der Waals surface area contributed by atoms with Crippen LogP contribution < -0.4 is 10.6 Å². The lowest BCUT2D eigenvalue weighted by Crippen LogP contribution is -2.51. The number of aromatic nitrogens is 4. The Morgan fingerprint density at radius 3 is 2.52 bits per heavy atom. The Morgan fingerprint density at radius 1 is 0.979 bits per heavy atom. The molecule has 4 N–H and O–H groups in total. The van der Waals surface area contributed by atoms with Crippen molar-refractivity contribution in [3.05, 3.63) is 83.3 Å². The lowest BCUT2D eigenvalue weighted by atomic mass is 9.93. The van der Waals surface area contributed by atoms with Crippen molar-refractivity contribution in [1.29, 1.82) is 0 Å². The van der Waals surface area contributed by atoms with Crippen LogP contribution in [-0.4, -0.2) is 63.1 Å². The number of aryl methyl sites for hydroxylation is 1. The van der Waals surface area contributed by atoms with Gasteiger partial charge in [0.15, 0.2) is 0 Å². The lowest BCUT2D eigenvalue weighted by molar-refractivity contribution is -0.135. The molecule has 2 aromatic heterocycles. The number of carbonyl (C=O) groups excluding carboxylic acids is 2. The van der Waals surface area contributed by atoms with Crippen molar-refractivity contribution in [3.63, 3.8) is 0 Å². The zero-order valence-electron chi connectivity index (χ0n) is 27.8. The quantitative estimate of drug-likeness (QED) is 0.193. The van der Waals surface area contributed by atoms with Crippen molar-refractivity contribution in [2.45, 2.75) is 64.6 Å². The maximum atomic E-state index is 13.6. The fraction of sp³-hybridized carbons (Fsp3) is 0.368. The highest BCUT2D eigenvalue weighted by atomic mass is 16.5. The van der Waals surface area contributed by atoms with Crippen LogP contribution in [0.4, 0.5) is 4.79 Å². The molecule has 6 rings (SSSR count). The lowest BCUT2D eigenvalue weighted by Gasteiger charge is -2.30. The Labute approximate surface area is 281 Å². The van der Waals surface area contributed by atoms with Gasteiger partial charge in [0.1, 0.15) is 23.4 Å². The van der Waals surface area contributed by atoms with Crippen LogP contribution in [0.2, 0.25) is 0 Å². The second kappa shape index (κ2) is 14.6. The molecule has 0 spiro atoms. The third-order valence-electron chi connectivity index (χ3n) is 9.00. The molecule has 2 aliphatic rings. The van der Waals surface area contributed by atoms with Gasteiger partial charge in [0, 0.05) is 17.7 Å². The molecule has 2 saturated heterocycles. The van der Waals surface area contributed by atoms with Gasteiger partial charge in [-0.2, -0.15) is 0 Å². The Kier molecular flexibility index (Phi) is 9.94. The molecule has 2 fully saturated rings. The highest BCUT2D eigenvalue weighted by Crippen LogP contribution is 2.35. The van der Waals surface area contributed by atoms with Crippen LogP contribution in [0.3, 0.4) is 0 Å². The van der Waals surface area contributed by atoms with E-state index >= 15 is 0 Å². The summed E-state index contributed by atoms with van der Waals surface area (Å²) in [7, 11) is 1.30. The van der Waals surface area contributed by atoms with Gasteiger partial charge >= 0.3 is 6.09 Å².